The molecule has 0 aliphatic heterocycles. The second-order valence-corrected chi connectivity index (χ2v) is 4.57. The van der Waals surface area contributed by atoms with Crippen LogP contribution in [0.4, 0.5) is 11.4 Å². The molecule has 90 valence electrons. The Morgan fingerprint density at radius 3 is 2.71 bits per heavy atom. The Hall–Kier alpha value is -1.69. The minimum Gasteiger partial charge on any atom is -0.396 e. The maximum absolute atomic E-state index is 9.01. The summed E-state index contributed by atoms with van der Waals surface area (Å²) in [6, 6.07) is 8.47. The lowest BCUT2D eigenvalue weighted by molar-refractivity contribution is 0.620. The first-order valence-electron chi connectivity index (χ1n) is 6.33. The lowest BCUT2D eigenvalue weighted by Gasteiger charge is -2.31. The molecule has 0 bridgehead atoms. The standard InChI is InChI=1S/C14H19N3/c1-2-17(12-7-3-4-8-12)13-9-5-6-11(10-15)14(13)16/h5-6,9,12H,2-4,7-8,16H2,1H3. The highest BCUT2D eigenvalue weighted by Gasteiger charge is 2.23. The van der Waals surface area contributed by atoms with Crippen LogP contribution in [0.5, 0.6) is 0 Å². The molecule has 0 unspecified atom stereocenters. The fraction of sp³-hybridized carbons (Fsp3) is 0.500. The second-order valence-electron chi connectivity index (χ2n) is 4.57. The highest BCUT2D eigenvalue weighted by molar-refractivity contribution is 5.74. The molecule has 0 saturated heterocycles. The molecule has 1 aliphatic rings. The number of anilines is 2. The predicted octanol–water partition coefficient (Wildman–Crippen LogP) is 2.91. The van der Waals surface area contributed by atoms with Crippen LogP contribution >= 0.6 is 0 Å². The number of hydrogen-bond acceptors (Lipinski definition) is 3. The molecule has 0 amide bonds. The van der Waals surface area contributed by atoms with Gasteiger partial charge in [-0.15, -0.1) is 0 Å². The molecule has 2 rings (SSSR count). The number of nitrogens with zero attached hydrogens (tertiary/aromatic N) is 2. The van der Waals surface area contributed by atoms with Crippen LogP contribution in [0.15, 0.2) is 18.2 Å². The van der Waals surface area contributed by atoms with Gasteiger partial charge in [-0.25, -0.2) is 0 Å². The zero-order valence-electron chi connectivity index (χ0n) is 10.3. The van der Waals surface area contributed by atoms with Crippen LogP contribution in [0.3, 0.4) is 0 Å². The van der Waals surface area contributed by atoms with Gasteiger partial charge in [0.1, 0.15) is 6.07 Å². The van der Waals surface area contributed by atoms with E-state index in [-0.39, 0.29) is 0 Å². The molecule has 3 heteroatoms. The Morgan fingerprint density at radius 1 is 1.41 bits per heavy atom. The Morgan fingerprint density at radius 2 is 2.12 bits per heavy atom. The largest absolute Gasteiger partial charge is 0.396 e. The quantitative estimate of drug-likeness (QED) is 0.811. The molecule has 1 aromatic carbocycles. The van der Waals surface area contributed by atoms with Crippen molar-refractivity contribution < 1.29 is 0 Å². The van der Waals surface area contributed by atoms with E-state index in [4.69, 9.17) is 11.0 Å². The van der Waals surface area contributed by atoms with Crippen LogP contribution in [-0.4, -0.2) is 12.6 Å². The van der Waals surface area contributed by atoms with Crippen molar-refractivity contribution in [2.45, 2.75) is 38.6 Å². The number of hydrogen-bond donors (Lipinski definition) is 1. The molecule has 3 nitrogen and oxygen atoms in total. The third kappa shape index (κ3) is 2.21. The molecule has 1 fully saturated rings. The van der Waals surface area contributed by atoms with Crippen LogP contribution in [0.2, 0.25) is 0 Å². The van der Waals surface area contributed by atoms with Crippen molar-refractivity contribution in [3.05, 3.63) is 23.8 Å². The molecule has 0 heterocycles. The van der Waals surface area contributed by atoms with Gasteiger partial charge in [0.05, 0.1) is 16.9 Å². The summed E-state index contributed by atoms with van der Waals surface area (Å²) in [7, 11) is 0. The summed E-state index contributed by atoms with van der Waals surface area (Å²) >= 11 is 0. The number of benzene rings is 1. The van der Waals surface area contributed by atoms with Crippen molar-refractivity contribution in [3.8, 4) is 6.07 Å². The van der Waals surface area contributed by atoms with Crippen molar-refractivity contribution in [1.29, 1.82) is 5.26 Å². The lowest BCUT2D eigenvalue weighted by atomic mass is 10.1. The summed E-state index contributed by atoms with van der Waals surface area (Å²) in [5, 5.41) is 9.01. The fourth-order valence-corrected chi connectivity index (χ4v) is 2.74. The topological polar surface area (TPSA) is 53.0 Å². The van der Waals surface area contributed by atoms with E-state index in [2.05, 4.69) is 17.9 Å². The summed E-state index contributed by atoms with van der Waals surface area (Å²) in [6.45, 7) is 3.10. The molecular weight excluding hydrogens is 210 g/mol. The minimum absolute atomic E-state index is 0.582. The first-order valence-corrected chi connectivity index (χ1v) is 6.33. The first-order chi connectivity index (χ1) is 8.27. The first kappa shape index (κ1) is 11.8. The molecule has 1 saturated carbocycles. The van der Waals surface area contributed by atoms with E-state index in [0.717, 1.165) is 12.2 Å². The van der Waals surface area contributed by atoms with Gasteiger partial charge in [-0.2, -0.15) is 5.26 Å². The molecule has 2 N–H and O–H groups in total. The molecular formula is C14H19N3. The van der Waals surface area contributed by atoms with Gasteiger partial charge in [0.2, 0.25) is 0 Å². The normalized spacial score (nSPS) is 15.8. The molecule has 0 spiro atoms. The van der Waals surface area contributed by atoms with Crippen molar-refractivity contribution in [3.63, 3.8) is 0 Å². The van der Waals surface area contributed by atoms with Crippen molar-refractivity contribution in [2.75, 3.05) is 17.2 Å². The number of para-hydroxylation sites is 1. The van der Waals surface area contributed by atoms with Crippen molar-refractivity contribution in [2.24, 2.45) is 0 Å². The monoisotopic (exact) mass is 229 g/mol. The Labute approximate surface area is 103 Å². The number of rotatable bonds is 3. The summed E-state index contributed by atoms with van der Waals surface area (Å²) in [5.41, 5.74) is 8.31. The van der Waals surface area contributed by atoms with Gasteiger partial charge in [0.25, 0.3) is 0 Å². The average molecular weight is 229 g/mol. The summed E-state index contributed by atoms with van der Waals surface area (Å²) in [6.07, 6.45) is 5.09. The molecule has 0 atom stereocenters. The van der Waals surface area contributed by atoms with E-state index < -0.39 is 0 Å². The van der Waals surface area contributed by atoms with Crippen molar-refractivity contribution in [1.82, 2.24) is 0 Å². The highest BCUT2D eigenvalue weighted by Crippen LogP contribution is 2.32. The third-order valence-corrected chi connectivity index (χ3v) is 3.62. The summed E-state index contributed by atoms with van der Waals surface area (Å²) in [4.78, 5) is 2.35. The van der Waals surface area contributed by atoms with Crippen molar-refractivity contribution >= 4 is 11.4 Å². The maximum atomic E-state index is 9.01. The molecule has 0 radical (unpaired) electrons. The van der Waals surface area contributed by atoms with Gasteiger partial charge in [-0.3, -0.25) is 0 Å². The maximum Gasteiger partial charge on any atom is 0.101 e. The molecule has 1 aromatic rings. The summed E-state index contributed by atoms with van der Waals surface area (Å²) in [5.74, 6) is 0. The van der Waals surface area contributed by atoms with Gasteiger partial charge in [-0.1, -0.05) is 18.9 Å². The zero-order chi connectivity index (χ0) is 12.3. The number of nitrogens with two attached hydrogens (primary N) is 1. The summed E-state index contributed by atoms with van der Waals surface area (Å²) < 4.78 is 0. The van der Waals surface area contributed by atoms with E-state index in [1.165, 1.54) is 25.7 Å². The van der Waals surface area contributed by atoms with E-state index in [0.29, 0.717) is 17.3 Å². The van der Waals surface area contributed by atoms with Crippen LogP contribution < -0.4 is 10.6 Å². The average Bonchev–Trinajstić information content (AvgIpc) is 2.86. The molecule has 1 aliphatic carbocycles. The van der Waals surface area contributed by atoms with Crippen LogP contribution in [0, 0.1) is 11.3 Å². The Kier molecular flexibility index (Phi) is 3.53. The number of nitrogen functional groups attached to an aromatic ring is 1. The van der Waals surface area contributed by atoms with Crippen LogP contribution in [0.1, 0.15) is 38.2 Å². The lowest BCUT2D eigenvalue weighted by Crippen LogP contribution is -2.33. The SMILES string of the molecule is CCN(c1cccc(C#N)c1N)C1CCCC1. The van der Waals surface area contributed by atoms with Gasteiger partial charge in [0.15, 0.2) is 0 Å². The van der Waals surface area contributed by atoms with E-state index in [1.807, 2.05) is 12.1 Å². The molecule has 17 heavy (non-hydrogen) atoms. The Bertz CT molecular complexity index is 428. The third-order valence-electron chi connectivity index (χ3n) is 3.62. The fourth-order valence-electron chi connectivity index (χ4n) is 2.74. The van der Waals surface area contributed by atoms with Gasteiger partial charge in [0, 0.05) is 12.6 Å². The predicted molar refractivity (Wildman–Crippen MR) is 70.8 cm³/mol. The van der Waals surface area contributed by atoms with E-state index in [1.54, 1.807) is 6.07 Å². The van der Waals surface area contributed by atoms with Gasteiger partial charge in [-0.05, 0) is 31.9 Å². The zero-order valence-corrected chi connectivity index (χ0v) is 10.3. The van der Waals surface area contributed by atoms with Gasteiger partial charge >= 0.3 is 0 Å². The molecule has 0 aromatic heterocycles. The van der Waals surface area contributed by atoms with E-state index >= 15 is 0 Å². The smallest absolute Gasteiger partial charge is 0.101 e. The Balaban J connectivity index is 2.33. The highest BCUT2D eigenvalue weighted by atomic mass is 15.2. The van der Waals surface area contributed by atoms with Gasteiger partial charge < -0.3 is 10.6 Å². The van der Waals surface area contributed by atoms with E-state index in [9.17, 15) is 0 Å². The van der Waals surface area contributed by atoms with Crippen LogP contribution in [0.25, 0.3) is 0 Å². The van der Waals surface area contributed by atoms with Crippen LogP contribution in [-0.2, 0) is 0 Å². The minimum atomic E-state index is 0.582. The number of nitriles is 1. The second kappa shape index (κ2) is 5.09.